The number of methoxy groups -OCH3 is 1. The molecule has 0 saturated carbocycles. The molecule has 0 atom stereocenters. The van der Waals surface area contributed by atoms with Crippen LogP contribution < -0.4 is 14.8 Å². The van der Waals surface area contributed by atoms with Gasteiger partial charge in [-0.25, -0.2) is 9.97 Å². The number of fused-ring (bicyclic) bond motifs is 1. The van der Waals surface area contributed by atoms with Crippen LogP contribution in [0.5, 0.6) is 11.5 Å². The molecule has 0 aliphatic heterocycles. The molecular formula is C22H26ClN3O3. The van der Waals surface area contributed by atoms with Crippen LogP contribution in [0.15, 0.2) is 36.5 Å². The molecule has 6 nitrogen and oxygen atoms in total. The molecule has 154 valence electrons. The van der Waals surface area contributed by atoms with Gasteiger partial charge in [0.25, 0.3) is 0 Å². The lowest BCUT2D eigenvalue weighted by atomic mass is 10.0. The van der Waals surface area contributed by atoms with Crippen LogP contribution in [-0.4, -0.2) is 29.5 Å². The maximum absolute atomic E-state index is 12.7. The van der Waals surface area contributed by atoms with Crippen molar-refractivity contribution < 1.29 is 14.3 Å². The first kappa shape index (κ1) is 22.4. The number of ether oxygens (including phenoxy) is 2. The fraction of sp³-hybridized carbons (Fsp3) is 0.318. The first-order chi connectivity index (χ1) is 13.6. The van der Waals surface area contributed by atoms with Crippen molar-refractivity contribution in [1.82, 2.24) is 9.97 Å². The summed E-state index contributed by atoms with van der Waals surface area (Å²) in [5.41, 5.74) is 3.44. The van der Waals surface area contributed by atoms with Gasteiger partial charge in [-0.05, 0) is 50.6 Å². The van der Waals surface area contributed by atoms with Gasteiger partial charge >= 0.3 is 0 Å². The maximum Gasteiger partial charge on any atom is 0.166 e. The Morgan fingerprint density at radius 2 is 1.90 bits per heavy atom. The predicted molar refractivity (Wildman–Crippen MR) is 118 cm³/mol. The molecule has 0 aliphatic carbocycles. The highest BCUT2D eigenvalue weighted by Gasteiger charge is 2.18. The van der Waals surface area contributed by atoms with Gasteiger partial charge in [0.15, 0.2) is 11.4 Å². The zero-order chi connectivity index (χ0) is 20.1. The Bertz CT molecular complexity index is 991. The number of aryl methyl sites for hydroxylation is 1. The number of nitrogens with zero attached hydrogens (tertiary/aromatic N) is 2. The second kappa shape index (κ2) is 10.1. The molecule has 0 unspecified atom stereocenters. The van der Waals surface area contributed by atoms with E-state index in [1.165, 1.54) is 0 Å². The summed E-state index contributed by atoms with van der Waals surface area (Å²) < 4.78 is 10.9. The van der Waals surface area contributed by atoms with E-state index in [4.69, 9.17) is 9.47 Å². The van der Waals surface area contributed by atoms with Crippen molar-refractivity contribution in [1.29, 1.82) is 0 Å². The Kier molecular flexibility index (Phi) is 7.79. The lowest BCUT2D eigenvalue weighted by Crippen LogP contribution is -2.07. The highest BCUT2D eigenvalue weighted by Crippen LogP contribution is 2.33. The van der Waals surface area contributed by atoms with E-state index >= 15 is 0 Å². The van der Waals surface area contributed by atoms with E-state index in [1.54, 1.807) is 13.3 Å². The lowest BCUT2D eigenvalue weighted by Gasteiger charge is -2.16. The molecule has 0 aliphatic rings. The fourth-order valence-corrected chi connectivity index (χ4v) is 3.02. The van der Waals surface area contributed by atoms with Crippen LogP contribution in [0.3, 0.4) is 0 Å². The van der Waals surface area contributed by atoms with Crippen molar-refractivity contribution in [2.75, 3.05) is 19.0 Å². The number of carbonyl (C=O) groups excluding carboxylic acids is 1. The number of aromatic nitrogens is 2. The zero-order valence-corrected chi connectivity index (χ0v) is 17.9. The van der Waals surface area contributed by atoms with E-state index in [2.05, 4.69) is 15.3 Å². The van der Waals surface area contributed by atoms with Crippen LogP contribution in [0.25, 0.3) is 11.0 Å². The molecule has 3 rings (SSSR count). The topological polar surface area (TPSA) is 73.3 Å². The van der Waals surface area contributed by atoms with E-state index in [0.717, 1.165) is 28.9 Å². The van der Waals surface area contributed by atoms with E-state index in [0.29, 0.717) is 35.7 Å². The Hall–Kier alpha value is -2.86. The van der Waals surface area contributed by atoms with Gasteiger partial charge in [0.05, 0.1) is 30.7 Å². The minimum absolute atomic E-state index is 0. The largest absolute Gasteiger partial charge is 0.497 e. The summed E-state index contributed by atoms with van der Waals surface area (Å²) in [4.78, 5) is 21.7. The van der Waals surface area contributed by atoms with Crippen LogP contribution >= 0.6 is 12.4 Å². The van der Waals surface area contributed by atoms with Gasteiger partial charge in [-0.15, -0.1) is 12.4 Å². The van der Waals surface area contributed by atoms with Crippen LogP contribution in [0.2, 0.25) is 0 Å². The molecule has 0 saturated heterocycles. The fourth-order valence-electron chi connectivity index (χ4n) is 3.02. The Labute approximate surface area is 177 Å². The molecule has 0 fully saturated rings. The summed E-state index contributed by atoms with van der Waals surface area (Å²) in [5, 5.41) is 4.14. The number of ketones is 1. The minimum atomic E-state index is 0. The molecule has 2 heterocycles. The van der Waals surface area contributed by atoms with E-state index in [-0.39, 0.29) is 18.2 Å². The van der Waals surface area contributed by atoms with Gasteiger partial charge < -0.3 is 14.8 Å². The highest BCUT2D eigenvalue weighted by atomic mass is 35.5. The first-order valence-electron chi connectivity index (χ1n) is 9.44. The Balaban J connectivity index is 0.00000300. The number of rotatable bonds is 8. The third kappa shape index (κ3) is 4.95. The monoisotopic (exact) mass is 415 g/mol. The average molecular weight is 416 g/mol. The van der Waals surface area contributed by atoms with Crippen molar-refractivity contribution in [2.24, 2.45) is 0 Å². The summed E-state index contributed by atoms with van der Waals surface area (Å²) in [6, 6.07) is 9.46. The first-order valence-corrected chi connectivity index (χ1v) is 9.44. The van der Waals surface area contributed by atoms with Crippen molar-refractivity contribution >= 4 is 40.6 Å². The molecule has 1 N–H and O–H groups in total. The number of nitrogens with one attached hydrogen (secondary N) is 1. The summed E-state index contributed by atoms with van der Waals surface area (Å²) >= 11 is 0. The molecule has 7 heteroatoms. The summed E-state index contributed by atoms with van der Waals surface area (Å²) in [5.74, 6) is 1.50. The lowest BCUT2D eigenvalue weighted by molar-refractivity contribution is 0.0982. The number of hydrogen-bond acceptors (Lipinski definition) is 6. The molecule has 2 aromatic heterocycles. The average Bonchev–Trinajstić information content (AvgIpc) is 2.70. The number of benzene rings is 1. The molecule has 0 radical (unpaired) electrons. The number of pyridine rings is 2. The van der Waals surface area contributed by atoms with Gasteiger partial charge in [-0.2, -0.15) is 0 Å². The van der Waals surface area contributed by atoms with Crippen LogP contribution in [0.1, 0.15) is 42.7 Å². The smallest absolute Gasteiger partial charge is 0.166 e. The number of hydrogen-bond donors (Lipinski definition) is 1. The van der Waals surface area contributed by atoms with Crippen LogP contribution in [0.4, 0.5) is 11.4 Å². The third-order valence-electron chi connectivity index (χ3n) is 4.44. The van der Waals surface area contributed by atoms with Crippen molar-refractivity contribution in [3.8, 4) is 11.5 Å². The standard InChI is InChI=1S/C22H25N3O3.ClH/c1-5-7-19(26)18-13-23-22-17(12-20(28-6-2)14(3)24-22)21(18)25-15-8-10-16(27-4)11-9-15;/h8-13H,5-7H2,1-4H3,(H,23,24,25);1H. The minimum Gasteiger partial charge on any atom is -0.497 e. The predicted octanol–water partition coefficient (Wildman–Crippen LogP) is 5.49. The van der Waals surface area contributed by atoms with Crippen molar-refractivity contribution in [3.63, 3.8) is 0 Å². The number of Topliss-reactive ketones (excluding diaryl/α,β-unsaturated/α-hetero) is 1. The second-order valence-electron chi connectivity index (χ2n) is 6.45. The van der Waals surface area contributed by atoms with Crippen LogP contribution in [0, 0.1) is 6.92 Å². The Morgan fingerprint density at radius 3 is 2.52 bits per heavy atom. The van der Waals surface area contributed by atoms with Gasteiger partial charge in [-0.3, -0.25) is 4.79 Å². The maximum atomic E-state index is 12.7. The third-order valence-corrected chi connectivity index (χ3v) is 4.44. The molecule has 0 bridgehead atoms. The van der Waals surface area contributed by atoms with E-state index in [9.17, 15) is 4.79 Å². The molecule has 29 heavy (non-hydrogen) atoms. The molecule has 1 aromatic carbocycles. The quantitative estimate of drug-likeness (QED) is 0.490. The summed E-state index contributed by atoms with van der Waals surface area (Å²) in [7, 11) is 1.63. The van der Waals surface area contributed by atoms with Crippen molar-refractivity contribution in [3.05, 3.63) is 47.8 Å². The summed E-state index contributed by atoms with van der Waals surface area (Å²) in [6.45, 7) is 6.34. The van der Waals surface area contributed by atoms with Crippen LogP contribution in [-0.2, 0) is 0 Å². The second-order valence-corrected chi connectivity index (χ2v) is 6.45. The number of anilines is 2. The normalized spacial score (nSPS) is 10.3. The zero-order valence-electron chi connectivity index (χ0n) is 17.1. The van der Waals surface area contributed by atoms with E-state index in [1.807, 2.05) is 51.1 Å². The van der Waals surface area contributed by atoms with Gasteiger partial charge in [-0.1, -0.05) is 6.92 Å². The van der Waals surface area contributed by atoms with Crippen molar-refractivity contribution in [2.45, 2.75) is 33.6 Å². The number of carbonyl (C=O) groups is 1. The molecular weight excluding hydrogens is 390 g/mol. The molecule has 3 aromatic rings. The Morgan fingerprint density at radius 1 is 1.17 bits per heavy atom. The van der Waals surface area contributed by atoms with Gasteiger partial charge in [0.1, 0.15) is 11.5 Å². The highest BCUT2D eigenvalue weighted by molar-refractivity contribution is 6.08. The summed E-state index contributed by atoms with van der Waals surface area (Å²) in [6.07, 6.45) is 2.84. The molecule has 0 spiro atoms. The van der Waals surface area contributed by atoms with Gasteiger partial charge in [0.2, 0.25) is 0 Å². The number of halogens is 1. The van der Waals surface area contributed by atoms with Gasteiger partial charge in [0, 0.05) is 23.7 Å². The van der Waals surface area contributed by atoms with E-state index < -0.39 is 0 Å². The SMILES string of the molecule is CCCC(=O)c1cnc2nc(C)c(OCC)cc2c1Nc1ccc(OC)cc1.Cl. The molecule has 0 amide bonds.